The smallest absolute Gasteiger partial charge is 0.251 e. The van der Waals surface area contributed by atoms with E-state index in [1.807, 2.05) is 41.0 Å². The normalized spacial score (nSPS) is 10.7. The predicted molar refractivity (Wildman–Crippen MR) is 101 cm³/mol. The van der Waals surface area contributed by atoms with Gasteiger partial charge in [-0.3, -0.25) is 9.59 Å². The zero-order chi connectivity index (χ0) is 18.5. The van der Waals surface area contributed by atoms with Crippen LogP contribution in [0.15, 0.2) is 54.9 Å². The van der Waals surface area contributed by atoms with Crippen molar-refractivity contribution in [3.8, 4) is 0 Å². The van der Waals surface area contributed by atoms with E-state index in [1.165, 1.54) is 0 Å². The lowest BCUT2D eigenvalue weighted by Crippen LogP contribution is -2.27. The molecule has 0 saturated heterocycles. The summed E-state index contributed by atoms with van der Waals surface area (Å²) in [4.78, 5) is 30.0. The summed E-state index contributed by atoms with van der Waals surface area (Å²) in [5.41, 5.74) is 3.57. The lowest BCUT2D eigenvalue weighted by molar-refractivity contribution is -0.130. The lowest BCUT2D eigenvalue weighted by atomic mass is 10.1. The molecule has 0 radical (unpaired) electrons. The molecule has 1 N–H and O–H groups in total. The minimum absolute atomic E-state index is 0.0677. The highest BCUT2D eigenvalue weighted by Crippen LogP contribution is 2.13. The van der Waals surface area contributed by atoms with Gasteiger partial charge in [-0.25, -0.2) is 4.98 Å². The van der Waals surface area contributed by atoms with Gasteiger partial charge in [-0.1, -0.05) is 24.3 Å². The fourth-order valence-electron chi connectivity index (χ4n) is 2.86. The number of carbonyl (C=O) groups excluding carboxylic acids is 2. The van der Waals surface area contributed by atoms with Crippen molar-refractivity contribution in [1.82, 2.24) is 19.8 Å². The molecule has 0 fully saturated rings. The van der Waals surface area contributed by atoms with E-state index in [4.69, 9.17) is 0 Å². The van der Waals surface area contributed by atoms with Gasteiger partial charge in [0, 0.05) is 39.2 Å². The van der Waals surface area contributed by atoms with Crippen molar-refractivity contribution in [2.45, 2.75) is 19.5 Å². The molecule has 3 rings (SSSR count). The Hall–Kier alpha value is -3.15. The van der Waals surface area contributed by atoms with Gasteiger partial charge in [-0.2, -0.15) is 0 Å². The summed E-state index contributed by atoms with van der Waals surface area (Å²) in [5.74, 6) is -0.0494. The molecular formula is C20H22N4O2. The number of imidazole rings is 1. The van der Waals surface area contributed by atoms with Gasteiger partial charge in [0.15, 0.2) is 0 Å². The van der Waals surface area contributed by atoms with Gasteiger partial charge in [0.25, 0.3) is 5.91 Å². The van der Waals surface area contributed by atoms with Gasteiger partial charge < -0.3 is 14.8 Å². The van der Waals surface area contributed by atoms with E-state index < -0.39 is 0 Å². The SMILES string of the molecule is CNC(=O)c1ccc(CN(C)C(=O)CCn2cnc3ccccc32)cc1. The van der Waals surface area contributed by atoms with E-state index >= 15 is 0 Å². The quantitative estimate of drug-likeness (QED) is 0.742. The van der Waals surface area contributed by atoms with Crippen LogP contribution in [0.4, 0.5) is 0 Å². The van der Waals surface area contributed by atoms with Gasteiger partial charge in [-0.05, 0) is 29.8 Å². The Morgan fingerprint density at radius 2 is 1.85 bits per heavy atom. The first-order valence-electron chi connectivity index (χ1n) is 8.53. The summed E-state index contributed by atoms with van der Waals surface area (Å²) in [6.45, 7) is 1.11. The molecule has 1 aromatic heterocycles. The predicted octanol–water partition coefficient (Wildman–Crippen LogP) is 2.44. The number of fused-ring (bicyclic) bond motifs is 1. The molecule has 0 aliphatic heterocycles. The highest BCUT2D eigenvalue weighted by atomic mass is 16.2. The molecule has 26 heavy (non-hydrogen) atoms. The second-order valence-corrected chi connectivity index (χ2v) is 6.20. The Balaban J connectivity index is 1.57. The number of aromatic nitrogens is 2. The molecule has 0 aliphatic carbocycles. The average Bonchev–Trinajstić information content (AvgIpc) is 3.09. The van der Waals surface area contributed by atoms with E-state index in [2.05, 4.69) is 10.3 Å². The highest BCUT2D eigenvalue weighted by Gasteiger charge is 2.11. The molecule has 3 aromatic rings. The van der Waals surface area contributed by atoms with Crippen LogP contribution in [0.2, 0.25) is 0 Å². The summed E-state index contributed by atoms with van der Waals surface area (Å²) in [6, 6.07) is 15.2. The van der Waals surface area contributed by atoms with E-state index in [0.29, 0.717) is 25.1 Å². The summed E-state index contributed by atoms with van der Waals surface area (Å²) in [7, 11) is 3.40. The molecule has 134 valence electrons. The highest BCUT2D eigenvalue weighted by molar-refractivity contribution is 5.93. The number of hydrogen-bond acceptors (Lipinski definition) is 3. The number of nitrogens with one attached hydrogen (secondary N) is 1. The molecule has 2 amide bonds. The topological polar surface area (TPSA) is 67.2 Å². The van der Waals surface area contributed by atoms with Gasteiger partial charge in [0.05, 0.1) is 17.4 Å². The number of para-hydroxylation sites is 2. The van der Waals surface area contributed by atoms with Crippen LogP contribution in [0.3, 0.4) is 0 Å². The maximum Gasteiger partial charge on any atom is 0.251 e. The number of hydrogen-bond donors (Lipinski definition) is 1. The molecular weight excluding hydrogens is 328 g/mol. The van der Waals surface area contributed by atoms with Crippen molar-refractivity contribution in [2.75, 3.05) is 14.1 Å². The number of rotatable bonds is 6. The largest absolute Gasteiger partial charge is 0.355 e. The van der Waals surface area contributed by atoms with Crippen LogP contribution >= 0.6 is 0 Å². The van der Waals surface area contributed by atoms with Crippen LogP contribution < -0.4 is 5.32 Å². The number of amides is 2. The second kappa shape index (κ2) is 7.82. The number of benzene rings is 2. The third-order valence-corrected chi connectivity index (χ3v) is 4.38. The number of aryl methyl sites for hydroxylation is 1. The fourth-order valence-corrected chi connectivity index (χ4v) is 2.86. The first-order valence-corrected chi connectivity index (χ1v) is 8.53. The summed E-state index contributed by atoms with van der Waals surface area (Å²) in [5, 5.41) is 2.59. The molecule has 1 heterocycles. The molecule has 0 bridgehead atoms. The van der Waals surface area contributed by atoms with Gasteiger partial charge in [0.1, 0.15) is 0 Å². The summed E-state index contributed by atoms with van der Waals surface area (Å²) in [6.07, 6.45) is 2.18. The van der Waals surface area contributed by atoms with Crippen LogP contribution in [0, 0.1) is 0 Å². The molecule has 6 heteroatoms. The Kier molecular flexibility index (Phi) is 5.31. The van der Waals surface area contributed by atoms with E-state index in [0.717, 1.165) is 16.6 Å². The Labute approximate surface area is 152 Å². The van der Waals surface area contributed by atoms with Crippen LogP contribution in [0.5, 0.6) is 0 Å². The lowest BCUT2D eigenvalue weighted by Gasteiger charge is -2.18. The maximum absolute atomic E-state index is 12.4. The molecule has 0 spiro atoms. The van der Waals surface area contributed by atoms with Crippen LogP contribution in [-0.4, -0.2) is 40.4 Å². The average molecular weight is 350 g/mol. The summed E-state index contributed by atoms with van der Waals surface area (Å²) >= 11 is 0. The Morgan fingerprint density at radius 3 is 2.58 bits per heavy atom. The zero-order valence-corrected chi connectivity index (χ0v) is 15.0. The van der Waals surface area contributed by atoms with Crippen LogP contribution in [0.25, 0.3) is 11.0 Å². The molecule has 0 saturated carbocycles. The van der Waals surface area contributed by atoms with Crippen molar-refractivity contribution >= 4 is 22.8 Å². The number of carbonyl (C=O) groups is 2. The van der Waals surface area contributed by atoms with Crippen molar-refractivity contribution in [3.05, 3.63) is 66.0 Å². The van der Waals surface area contributed by atoms with E-state index in [-0.39, 0.29) is 11.8 Å². The summed E-state index contributed by atoms with van der Waals surface area (Å²) < 4.78 is 2.00. The second-order valence-electron chi connectivity index (χ2n) is 6.20. The minimum Gasteiger partial charge on any atom is -0.355 e. The van der Waals surface area contributed by atoms with Crippen molar-refractivity contribution < 1.29 is 9.59 Å². The molecule has 0 atom stereocenters. The first-order chi connectivity index (χ1) is 12.6. The van der Waals surface area contributed by atoms with Gasteiger partial charge in [-0.15, -0.1) is 0 Å². The maximum atomic E-state index is 12.4. The van der Waals surface area contributed by atoms with Crippen LogP contribution in [0.1, 0.15) is 22.3 Å². The zero-order valence-electron chi connectivity index (χ0n) is 15.0. The molecule has 2 aromatic carbocycles. The van der Waals surface area contributed by atoms with Crippen molar-refractivity contribution in [2.24, 2.45) is 0 Å². The molecule has 0 unspecified atom stereocenters. The molecule has 6 nitrogen and oxygen atoms in total. The van der Waals surface area contributed by atoms with Gasteiger partial charge in [0.2, 0.25) is 5.91 Å². The third kappa shape index (κ3) is 3.91. The Bertz CT molecular complexity index is 915. The van der Waals surface area contributed by atoms with Gasteiger partial charge >= 0.3 is 0 Å². The number of nitrogens with zero attached hydrogens (tertiary/aromatic N) is 3. The minimum atomic E-state index is -0.117. The van der Waals surface area contributed by atoms with Crippen molar-refractivity contribution in [1.29, 1.82) is 0 Å². The van der Waals surface area contributed by atoms with E-state index in [9.17, 15) is 9.59 Å². The monoisotopic (exact) mass is 350 g/mol. The fraction of sp³-hybridized carbons (Fsp3) is 0.250. The van der Waals surface area contributed by atoms with E-state index in [1.54, 1.807) is 37.5 Å². The first kappa shape index (κ1) is 17.7. The van der Waals surface area contributed by atoms with Crippen molar-refractivity contribution in [3.63, 3.8) is 0 Å². The third-order valence-electron chi connectivity index (χ3n) is 4.38. The molecule has 0 aliphatic rings. The Morgan fingerprint density at radius 1 is 1.12 bits per heavy atom. The van der Waals surface area contributed by atoms with Crippen LogP contribution in [-0.2, 0) is 17.9 Å². The standard InChI is InChI=1S/C20H22N4O2/c1-21-20(26)16-9-7-15(8-10-16)13-23(2)19(25)11-12-24-14-22-17-5-3-4-6-18(17)24/h3-10,14H,11-13H2,1-2H3,(H,21,26).